The first kappa shape index (κ1) is 14.7. The average molecular weight is 314 g/mol. The average Bonchev–Trinajstić information content (AvgIpc) is 2.31. The molecule has 0 aliphatic carbocycles. The monoisotopic (exact) mass is 313 g/mol. The highest BCUT2D eigenvalue weighted by molar-refractivity contribution is 9.10. The Morgan fingerprint density at radius 1 is 1.33 bits per heavy atom. The fourth-order valence-corrected chi connectivity index (χ4v) is 1.96. The molecule has 1 rings (SSSR count). The zero-order valence-corrected chi connectivity index (χ0v) is 11.8. The van der Waals surface area contributed by atoms with Gasteiger partial charge < -0.3 is 10.4 Å². The maximum atomic E-state index is 11.3. The van der Waals surface area contributed by atoms with Crippen LogP contribution in [0.25, 0.3) is 0 Å². The van der Waals surface area contributed by atoms with Gasteiger partial charge in [-0.05, 0) is 36.6 Å². The van der Waals surface area contributed by atoms with Crippen LogP contribution < -0.4 is 5.32 Å². The molecular formula is C13H16BrNO3. The maximum Gasteiger partial charge on any atom is 0.303 e. The van der Waals surface area contributed by atoms with E-state index in [1.54, 1.807) is 0 Å². The molecule has 0 atom stereocenters. The highest BCUT2D eigenvalue weighted by Gasteiger charge is 2.05. The van der Waals surface area contributed by atoms with Crippen molar-refractivity contribution in [1.82, 2.24) is 5.32 Å². The van der Waals surface area contributed by atoms with Crippen molar-refractivity contribution in [1.29, 1.82) is 0 Å². The molecule has 0 spiro atoms. The van der Waals surface area contributed by atoms with Crippen LogP contribution in [-0.4, -0.2) is 23.5 Å². The summed E-state index contributed by atoms with van der Waals surface area (Å²) in [4.78, 5) is 21.6. The van der Waals surface area contributed by atoms with Gasteiger partial charge in [-0.25, -0.2) is 0 Å². The number of carboxylic acids is 1. The molecule has 0 aliphatic rings. The lowest BCUT2D eigenvalue weighted by molar-refractivity contribution is -0.138. The Morgan fingerprint density at radius 3 is 2.72 bits per heavy atom. The van der Waals surface area contributed by atoms with E-state index in [0.717, 1.165) is 10.9 Å². The standard InChI is InChI=1S/C13H16BrNO3/c1-9-2-3-11(14)8-10(9)6-7-15-12(16)4-5-13(17)18/h2-3,8H,4-7H2,1H3,(H,15,16)(H,17,18). The van der Waals surface area contributed by atoms with Gasteiger partial charge >= 0.3 is 5.97 Å². The first-order valence-corrected chi connectivity index (χ1v) is 6.52. The van der Waals surface area contributed by atoms with Crippen LogP contribution >= 0.6 is 15.9 Å². The van der Waals surface area contributed by atoms with Crippen molar-refractivity contribution >= 4 is 27.8 Å². The Bertz CT molecular complexity index is 446. The van der Waals surface area contributed by atoms with E-state index in [2.05, 4.69) is 21.2 Å². The van der Waals surface area contributed by atoms with E-state index < -0.39 is 5.97 Å². The van der Waals surface area contributed by atoms with E-state index in [1.807, 2.05) is 25.1 Å². The molecule has 4 nitrogen and oxygen atoms in total. The summed E-state index contributed by atoms with van der Waals surface area (Å²) in [6, 6.07) is 6.02. The SMILES string of the molecule is Cc1ccc(Br)cc1CCNC(=O)CCC(=O)O. The summed E-state index contributed by atoms with van der Waals surface area (Å²) < 4.78 is 1.01. The van der Waals surface area contributed by atoms with Crippen molar-refractivity contribution < 1.29 is 14.7 Å². The zero-order valence-electron chi connectivity index (χ0n) is 10.2. The van der Waals surface area contributed by atoms with Crippen LogP contribution in [0, 0.1) is 6.92 Å². The largest absolute Gasteiger partial charge is 0.481 e. The first-order chi connectivity index (χ1) is 8.49. The van der Waals surface area contributed by atoms with Gasteiger partial charge in [0.1, 0.15) is 0 Å². The van der Waals surface area contributed by atoms with Gasteiger partial charge in [-0.2, -0.15) is 0 Å². The van der Waals surface area contributed by atoms with E-state index in [-0.39, 0.29) is 18.7 Å². The third-order valence-electron chi connectivity index (χ3n) is 2.59. The second-order valence-electron chi connectivity index (χ2n) is 4.06. The van der Waals surface area contributed by atoms with Crippen LogP contribution in [0.2, 0.25) is 0 Å². The van der Waals surface area contributed by atoms with Crippen molar-refractivity contribution in [2.24, 2.45) is 0 Å². The molecule has 0 saturated carbocycles. The molecule has 0 aliphatic heterocycles. The number of amides is 1. The summed E-state index contributed by atoms with van der Waals surface area (Å²) >= 11 is 3.41. The Hall–Kier alpha value is -1.36. The van der Waals surface area contributed by atoms with Gasteiger partial charge in [0.15, 0.2) is 0 Å². The molecular weight excluding hydrogens is 298 g/mol. The summed E-state index contributed by atoms with van der Waals surface area (Å²) in [7, 11) is 0. The fourth-order valence-electron chi connectivity index (χ4n) is 1.55. The van der Waals surface area contributed by atoms with E-state index in [9.17, 15) is 9.59 Å². The molecule has 0 fully saturated rings. The summed E-state index contributed by atoms with van der Waals surface area (Å²) in [6.07, 6.45) is 0.651. The molecule has 0 unspecified atom stereocenters. The number of carbonyl (C=O) groups excluding carboxylic acids is 1. The number of nitrogens with one attached hydrogen (secondary N) is 1. The molecule has 2 N–H and O–H groups in total. The van der Waals surface area contributed by atoms with Gasteiger partial charge in [-0.15, -0.1) is 0 Å². The van der Waals surface area contributed by atoms with Crippen LogP contribution in [-0.2, 0) is 16.0 Å². The van der Waals surface area contributed by atoms with Crippen molar-refractivity contribution in [3.8, 4) is 0 Å². The molecule has 0 heterocycles. The van der Waals surface area contributed by atoms with Crippen LogP contribution in [0.15, 0.2) is 22.7 Å². The normalized spacial score (nSPS) is 10.1. The van der Waals surface area contributed by atoms with Gasteiger partial charge in [-0.3, -0.25) is 9.59 Å². The Kier molecular flexibility index (Phi) is 5.85. The Labute approximate surface area is 115 Å². The number of benzene rings is 1. The minimum absolute atomic E-state index is 0.0345. The molecule has 1 amide bonds. The van der Waals surface area contributed by atoms with Crippen molar-refractivity contribution in [3.63, 3.8) is 0 Å². The van der Waals surface area contributed by atoms with Gasteiger partial charge in [0.25, 0.3) is 0 Å². The van der Waals surface area contributed by atoms with Crippen molar-refractivity contribution in [3.05, 3.63) is 33.8 Å². The summed E-state index contributed by atoms with van der Waals surface area (Å²) in [5.74, 6) is -1.17. The molecule has 5 heteroatoms. The van der Waals surface area contributed by atoms with Gasteiger partial charge in [0.2, 0.25) is 5.91 Å². The highest BCUT2D eigenvalue weighted by Crippen LogP contribution is 2.16. The third kappa shape index (κ3) is 5.31. The lowest BCUT2D eigenvalue weighted by Gasteiger charge is -2.07. The van der Waals surface area contributed by atoms with E-state index in [1.165, 1.54) is 11.1 Å². The summed E-state index contributed by atoms with van der Waals surface area (Å²) in [5, 5.41) is 11.2. The van der Waals surface area contributed by atoms with E-state index >= 15 is 0 Å². The minimum atomic E-state index is -0.951. The van der Waals surface area contributed by atoms with Crippen molar-refractivity contribution in [2.45, 2.75) is 26.2 Å². The zero-order chi connectivity index (χ0) is 13.5. The van der Waals surface area contributed by atoms with Gasteiger partial charge in [0.05, 0.1) is 6.42 Å². The van der Waals surface area contributed by atoms with E-state index in [4.69, 9.17) is 5.11 Å². The molecule has 0 radical (unpaired) electrons. The van der Waals surface area contributed by atoms with Crippen LogP contribution in [0.1, 0.15) is 24.0 Å². The van der Waals surface area contributed by atoms with Crippen LogP contribution in [0.4, 0.5) is 0 Å². The number of rotatable bonds is 6. The molecule has 0 bridgehead atoms. The second-order valence-corrected chi connectivity index (χ2v) is 4.98. The molecule has 18 heavy (non-hydrogen) atoms. The smallest absolute Gasteiger partial charge is 0.303 e. The quantitative estimate of drug-likeness (QED) is 0.846. The Balaban J connectivity index is 2.35. The Morgan fingerprint density at radius 2 is 2.06 bits per heavy atom. The topological polar surface area (TPSA) is 66.4 Å². The summed E-state index contributed by atoms with van der Waals surface area (Å²) in [5.41, 5.74) is 2.35. The minimum Gasteiger partial charge on any atom is -0.481 e. The number of halogens is 1. The molecule has 0 saturated heterocycles. The van der Waals surface area contributed by atoms with Gasteiger partial charge in [0, 0.05) is 17.4 Å². The first-order valence-electron chi connectivity index (χ1n) is 5.72. The number of hydrogen-bond donors (Lipinski definition) is 2. The van der Waals surface area contributed by atoms with Gasteiger partial charge in [-0.1, -0.05) is 22.0 Å². The number of aryl methyl sites for hydroxylation is 1. The maximum absolute atomic E-state index is 11.3. The molecule has 1 aromatic rings. The molecule has 0 aromatic heterocycles. The lowest BCUT2D eigenvalue weighted by Crippen LogP contribution is -2.26. The number of carboxylic acid groups (broad SMARTS) is 1. The van der Waals surface area contributed by atoms with Crippen LogP contribution in [0.5, 0.6) is 0 Å². The van der Waals surface area contributed by atoms with E-state index in [0.29, 0.717) is 6.54 Å². The van der Waals surface area contributed by atoms with Crippen LogP contribution in [0.3, 0.4) is 0 Å². The number of aliphatic carboxylic acids is 1. The fraction of sp³-hybridized carbons (Fsp3) is 0.385. The summed E-state index contributed by atoms with van der Waals surface area (Å²) in [6.45, 7) is 2.55. The predicted octanol–water partition coefficient (Wildman–Crippen LogP) is 2.28. The highest BCUT2D eigenvalue weighted by atomic mass is 79.9. The number of carbonyl (C=O) groups is 2. The number of hydrogen-bond acceptors (Lipinski definition) is 2. The second kappa shape index (κ2) is 7.16. The predicted molar refractivity (Wildman–Crippen MR) is 72.5 cm³/mol. The lowest BCUT2D eigenvalue weighted by atomic mass is 10.1. The van der Waals surface area contributed by atoms with Crippen molar-refractivity contribution in [2.75, 3.05) is 6.54 Å². The molecule has 1 aromatic carbocycles. The molecule has 98 valence electrons. The third-order valence-corrected chi connectivity index (χ3v) is 3.09.